The molecule has 0 aliphatic heterocycles. The van der Waals surface area contributed by atoms with Crippen molar-refractivity contribution in [1.29, 1.82) is 0 Å². The Morgan fingerprint density at radius 2 is 0.769 bits per heavy atom. The fourth-order valence-electron chi connectivity index (χ4n) is 0. The molecule has 0 nitrogen and oxygen atoms in total. The van der Waals surface area contributed by atoms with Gasteiger partial charge >= 0.3 is 0 Å². The largest absolute Gasteiger partial charge is 0.153 e. The minimum absolute atomic E-state index is 0. The highest BCUT2D eigenvalue weighted by molar-refractivity contribution is 6.92. The van der Waals surface area contributed by atoms with E-state index in [9.17, 15) is 0 Å². The average Bonchev–Trinajstić information content (AvgIpc) is 1.70. The molecule has 0 amide bonds. The van der Waals surface area contributed by atoms with Crippen molar-refractivity contribution in [2.75, 3.05) is 0 Å². The summed E-state index contributed by atoms with van der Waals surface area (Å²) in [6.45, 7) is 10.8. The van der Waals surface area contributed by atoms with Crippen LogP contribution in [-0.2, 0) is 0 Å². The highest BCUT2D eigenvalue weighted by Crippen LogP contribution is 1.56. The summed E-state index contributed by atoms with van der Waals surface area (Å²) in [5, 5.41) is 0. The van der Waals surface area contributed by atoms with Gasteiger partial charge in [-0.2, -0.15) is 9.90 Å². The Morgan fingerprint density at radius 3 is 0.769 bits per heavy atom. The second-order valence-electron chi connectivity index (χ2n) is 1.41. The van der Waals surface area contributed by atoms with Crippen molar-refractivity contribution in [2.24, 2.45) is 0 Å². The maximum absolute atomic E-state index is 6.21. The van der Waals surface area contributed by atoms with Crippen molar-refractivity contribution in [3.05, 3.63) is 0 Å². The van der Waals surface area contributed by atoms with Gasteiger partial charge in [0.2, 0.25) is 0 Å². The quantitative estimate of drug-likeness (QED) is 0.408. The molecule has 0 aliphatic rings. The van der Waals surface area contributed by atoms with Crippen molar-refractivity contribution < 1.29 is 1.37 Å². The third-order valence-electron chi connectivity index (χ3n) is 0. The van der Waals surface area contributed by atoms with Crippen LogP contribution in [0.2, 0.25) is 0 Å². The van der Waals surface area contributed by atoms with E-state index < -0.39 is 0 Å². The van der Waals surface area contributed by atoms with E-state index in [4.69, 9.17) is 1.37 Å². The molecule has 0 aromatic heterocycles. The van der Waals surface area contributed by atoms with Gasteiger partial charge in [-0.3, -0.25) is 0 Å². The van der Waals surface area contributed by atoms with Crippen LogP contribution in [0.4, 0.5) is 0 Å². The molecule has 94 valence electrons. The molecule has 0 fully saturated rings. The molecule has 0 saturated heterocycles. The van der Waals surface area contributed by atoms with Crippen molar-refractivity contribution in [2.45, 2.75) is 84.1 Å². The normalized spacial score (nSPS) is 4.23. The molecule has 0 spiro atoms. The third-order valence-corrected chi connectivity index (χ3v) is 0. The van der Waals surface area contributed by atoms with Crippen LogP contribution in [0.3, 0.4) is 0 Å². The molecule has 1 heteroatoms. The Hall–Kier alpha value is 0.430. The van der Waals surface area contributed by atoms with Crippen molar-refractivity contribution in [1.82, 2.24) is 0 Å². The predicted octanol–water partition coefficient (Wildman–Crippen LogP) is 6.46. The molecule has 13 heavy (non-hydrogen) atoms. The fraction of sp³-hybridized carbons (Fsp3) is 1.00. The van der Waals surface area contributed by atoms with Crippen LogP contribution in [-0.4, -0.2) is 0 Å². The lowest BCUT2D eigenvalue weighted by atomic mass is 10.6. The first-order valence-corrected chi connectivity index (χ1v) is 3.54. The van der Waals surface area contributed by atoms with Gasteiger partial charge in [-0.25, -0.2) is 0 Å². The predicted molar refractivity (Wildman–Crippen MR) is 81.3 cm³/mol. The first-order chi connectivity index (χ1) is 4.24. The lowest BCUT2D eigenvalue weighted by Crippen LogP contribution is -1.27. The van der Waals surface area contributed by atoms with E-state index in [1.54, 1.807) is 6.92 Å². The van der Waals surface area contributed by atoms with Gasteiger partial charge in [0.25, 0.3) is 0 Å². The summed E-state index contributed by atoms with van der Waals surface area (Å²) >= 11 is 0. The Labute approximate surface area is 95.9 Å². The molecule has 0 aromatic rings. The molecule has 0 aromatic carbocycles. The van der Waals surface area contributed by atoms with Crippen LogP contribution >= 0.6 is 9.90 Å². The maximum atomic E-state index is 6.21. The number of rotatable bonds is 0. The van der Waals surface area contributed by atoms with Crippen LogP contribution in [0.25, 0.3) is 0 Å². The minimum atomic E-state index is 0. The lowest BCUT2D eigenvalue weighted by Gasteiger charge is -1.48. The molecule has 0 aliphatic carbocycles. The maximum Gasteiger partial charge on any atom is 0.0228 e. The van der Waals surface area contributed by atoms with Gasteiger partial charge in [0.1, 0.15) is 0 Å². The summed E-state index contributed by atoms with van der Waals surface area (Å²) in [5.41, 5.74) is 0. The van der Waals surface area contributed by atoms with Crippen molar-refractivity contribution in [3.8, 4) is 0 Å². The van der Waals surface area contributed by atoms with Gasteiger partial charge in [-0.05, 0) is 0 Å². The van der Waals surface area contributed by atoms with Crippen LogP contribution in [0.15, 0.2) is 0 Å². The zero-order chi connectivity index (χ0) is 8.12. The fourth-order valence-corrected chi connectivity index (χ4v) is 0. The second-order valence-corrected chi connectivity index (χ2v) is 1.41. The van der Waals surface area contributed by atoms with Crippen molar-refractivity contribution >= 4 is 9.90 Å². The Bertz CT molecular complexity index is 15.0. The van der Waals surface area contributed by atoms with Gasteiger partial charge in [-0.15, -0.1) is 0 Å². The van der Waals surface area contributed by atoms with E-state index in [1.807, 2.05) is 0 Å². The molecular formula is C12H41P. The molecule has 1 atom stereocenters. The van der Waals surface area contributed by atoms with E-state index in [-0.39, 0.29) is 39.6 Å². The third kappa shape index (κ3) is 7310. The SMILES string of the molecule is C.C.C.C.CCC.CCC.P.[2H]CC. The van der Waals surface area contributed by atoms with Gasteiger partial charge in [0, 0.05) is 1.37 Å². The smallest absolute Gasteiger partial charge is 0.0228 e. The van der Waals surface area contributed by atoms with Gasteiger partial charge in [-0.1, -0.05) is 84.1 Å². The van der Waals surface area contributed by atoms with Gasteiger partial charge < -0.3 is 0 Å². The summed E-state index contributed by atoms with van der Waals surface area (Å²) in [6, 6.07) is 0. The molecule has 0 radical (unpaired) electrons. The Kier molecular flexibility index (Phi) is 1060. The van der Waals surface area contributed by atoms with E-state index in [1.165, 1.54) is 12.8 Å². The second kappa shape index (κ2) is 275. The van der Waals surface area contributed by atoms with Gasteiger partial charge in [0.15, 0.2) is 0 Å². The van der Waals surface area contributed by atoms with Crippen LogP contribution in [0.1, 0.15) is 85.4 Å². The highest BCUT2D eigenvalue weighted by Gasteiger charge is 1.36. The van der Waals surface area contributed by atoms with Crippen molar-refractivity contribution in [3.63, 3.8) is 0 Å². The van der Waals surface area contributed by atoms with E-state index in [0.29, 0.717) is 6.90 Å². The zero-order valence-corrected chi connectivity index (χ0v) is 9.24. The molecule has 0 heterocycles. The number of hydrogen-bond acceptors (Lipinski definition) is 0. The lowest BCUT2D eigenvalue weighted by molar-refractivity contribution is 1.09. The molecule has 0 saturated carbocycles. The summed E-state index contributed by atoms with van der Waals surface area (Å²) in [5.74, 6) is 0. The molecule has 0 bridgehead atoms. The monoisotopic (exact) mass is 217 g/mol. The molecule has 1 unspecified atom stereocenters. The first kappa shape index (κ1) is 50.2. The average molecular weight is 217 g/mol. The molecular weight excluding hydrogens is 175 g/mol. The topological polar surface area (TPSA) is 0 Å². The van der Waals surface area contributed by atoms with Crippen LogP contribution < -0.4 is 0 Å². The minimum Gasteiger partial charge on any atom is -0.153 e. The Morgan fingerprint density at radius 1 is 0.769 bits per heavy atom. The van der Waals surface area contributed by atoms with Gasteiger partial charge in [0.05, 0.1) is 0 Å². The summed E-state index contributed by atoms with van der Waals surface area (Å²) < 4.78 is 6.21. The first-order valence-electron chi connectivity index (χ1n) is 4.24. The van der Waals surface area contributed by atoms with Crippen LogP contribution in [0, 0.1) is 0 Å². The van der Waals surface area contributed by atoms with E-state index >= 15 is 0 Å². The summed E-state index contributed by atoms with van der Waals surface area (Å²) in [4.78, 5) is 0. The highest BCUT2D eigenvalue weighted by atomic mass is 31.0. The molecule has 0 N–H and O–H groups in total. The summed E-state index contributed by atoms with van der Waals surface area (Å²) in [7, 11) is 0. The molecule has 0 rings (SSSR count). The van der Waals surface area contributed by atoms with E-state index in [0.717, 1.165) is 0 Å². The van der Waals surface area contributed by atoms with E-state index in [2.05, 4.69) is 27.7 Å². The Balaban J connectivity index is -0.00000000545. The number of hydrogen-bond donors (Lipinski definition) is 0. The standard InChI is InChI=1S/2C3H8.C2H6.4CH4.H3P/c2*1-3-2;1-2;;;;;/h2*3H2,1-2H3;1-2H3;4*1H4;1H3/i;;1D;;;;;. The van der Waals surface area contributed by atoms with Crippen LogP contribution in [0.5, 0.6) is 0 Å². The zero-order valence-electron chi connectivity index (χ0n) is 8.83. The summed E-state index contributed by atoms with van der Waals surface area (Å²) in [6.07, 6.45) is 2.50.